The number of para-hydroxylation sites is 1. The average molecular weight is 290 g/mol. The highest BCUT2D eigenvalue weighted by Crippen LogP contribution is 2.17. The second-order valence-electron chi connectivity index (χ2n) is 3.99. The number of carbonyl (C=O) groups is 2. The molecule has 1 aromatic carbocycles. The Hall–Kier alpha value is -2.18. The number of thiophene rings is 1. The Morgan fingerprint density at radius 2 is 1.95 bits per heavy atom. The zero-order valence-electron chi connectivity index (χ0n) is 10.6. The summed E-state index contributed by atoms with van der Waals surface area (Å²) in [7, 11) is 0. The summed E-state index contributed by atoms with van der Waals surface area (Å²) < 4.78 is 0. The minimum Gasteiger partial charge on any atom is -0.395 e. The number of aliphatic hydroxyl groups excluding tert-OH is 1. The molecule has 1 aromatic heterocycles. The van der Waals surface area contributed by atoms with E-state index in [9.17, 15) is 9.59 Å². The zero-order chi connectivity index (χ0) is 14.4. The number of hydrogen-bond donors (Lipinski definition) is 3. The van der Waals surface area contributed by atoms with Crippen molar-refractivity contribution in [3.05, 3.63) is 52.2 Å². The molecule has 0 aliphatic rings. The van der Waals surface area contributed by atoms with Gasteiger partial charge in [0.15, 0.2) is 0 Å². The van der Waals surface area contributed by atoms with Crippen LogP contribution in [-0.2, 0) is 0 Å². The van der Waals surface area contributed by atoms with Crippen molar-refractivity contribution in [2.75, 3.05) is 18.5 Å². The van der Waals surface area contributed by atoms with Crippen LogP contribution in [0.2, 0.25) is 0 Å². The van der Waals surface area contributed by atoms with Crippen LogP contribution >= 0.6 is 11.3 Å². The van der Waals surface area contributed by atoms with Crippen LogP contribution in [0.1, 0.15) is 20.7 Å². The molecule has 2 amide bonds. The summed E-state index contributed by atoms with van der Waals surface area (Å²) >= 11 is 1.43. The van der Waals surface area contributed by atoms with Gasteiger partial charge >= 0.3 is 0 Å². The van der Waals surface area contributed by atoms with Crippen LogP contribution in [0, 0.1) is 0 Å². The van der Waals surface area contributed by atoms with E-state index in [0.717, 1.165) is 0 Å². The highest BCUT2D eigenvalue weighted by atomic mass is 32.1. The molecular formula is C14H14N2O3S. The molecule has 3 N–H and O–H groups in total. The Balaban J connectivity index is 2.15. The highest BCUT2D eigenvalue weighted by molar-refractivity contribution is 7.08. The second kappa shape index (κ2) is 6.83. The summed E-state index contributed by atoms with van der Waals surface area (Å²) in [6, 6.07) is 8.46. The van der Waals surface area contributed by atoms with Gasteiger partial charge in [-0.25, -0.2) is 0 Å². The number of rotatable bonds is 5. The van der Waals surface area contributed by atoms with E-state index >= 15 is 0 Å². The molecule has 5 nitrogen and oxygen atoms in total. The van der Waals surface area contributed by atoms with Gasteiger partial charge in [0, 0.05) is 11.9 Å². The number of benzene rings is 1. The molecule has 0 spiro atoms. The summed E-state index contributed by atoms with van der Waals surface area (Å²) in [5, 5.41) is 17.5. The smallest absolute Gasteiger partial charge is 0.256 e. The number of nitrogens with one attached hydrogen (secondary N) is 2. The van der Waals surface area contributed by atoms with Crippen LogP contribution < -0.4 is 10.6 Å². The van der Waals surface area contributed by atoms with Crippen LogP contribution in [0.4, 0.5) is 5.69 Å². The van der Waals surface area contributed by atoms with Gasteiger partial charge in [-0.15, -0.1) is 0 Å². The lowest BCUT2D eigenvalue weighted by Crippen LogP contribution is -2.27. The van der Waals surface area contributed by atoms with Crippen molar-refractivity contribution in [1.82, 2.24) is 5.32 Å². The van der Waals surface area contributed by atoms with Gasteiger partial charge in [-0.3, -0.25) is 9.59 Å². The van der Waals surface area contributed by atoms with Gasteiger partial charge in [-0.1, -0.05) is 12.1 Å². The van der Waals surface area contributed by atoms with Gasteiger partial charge in [0.1, 0.15) is 0 Å². The highest BCUT2D eigenvalue weighted by Gasteiger charge is 2.13. The third-order valence-electron chi connectivity index (χ3n) is 2.60. The maximum absolute atomic E-state index is 12.0. The van der Waals surface area contributed by atoms with Crippen molar-refractivity contribution in [3.8, 4) is 0 Å². The lowest BCUT2D eigenvalue weighted by molar-refractivity contribution is 0.0945. The van der Waals surface area contributed by atoms with E-state index in [1.165, 1.54) is 11.3 Å². The van der Waals surface area contributed by atoms with E-state index < -0.39 is 0 Å². The van der Waals surface area contributed by atoms with Crippen molar-refractivity contribution in [1.29, 1.82) is 0 Å². The van der Waals surface area contributed by atoms with Crippen LogP contribution in [0.5, 0.6) is 0 Å². The number of hydrogen-bond acceptors (Lipinski definition) is 4. The number of aliphatic hydroxyl groups is 1. The van der Waals surface area contributed by atoms with E-state index in [1.54, 1.807) is 35.7 Å². The first kappa shape index (κ1) is 14.2. The molecular weight excluding hydrogens is 276 g/mol. The van der Waals surface area contributed by atoms with Gasteiger partial charge in [0.25, 0.3) is 11.8 Å². The van der Waals surface area contributed by atoms with Crippen LogP contribution in [0.15, 0.2) is 41.1 Å². The Kier molecular flexibility index (Phi) is 4.86. The molecule has 0 aliphatic carbocycles. The van der Waals surface area contributed by atoms with Gasteiger partial charge < -0.3 is 15.7 Å². The maximum atomic E-state index is 12.0. The quantitative estimate of drug-likeness (QED) is 0.784. The first-order valence-electron chi connectivity index (χ1n) is 6.04. The summed E-state index contributed by atoms with van der Waals surface area (Å²) in [4.78, 5) is 23.9. The monoisotopic (exact) mass is 290 g/mol. The second-order valence-corrected chi connectivity index (χ2v) is 4.77. The molecule has 0 atom stereocenters. The number of anilines is 1. The van der Waals surface area contributed by atoms with Gasteiger partial charge in [-0.2, -0.15) is 11.3 Å². The fourth-order valence-corrected chi connectivity index (χ4v) is 2.28. The summed E-state index contributed by atoms with van der Waals surface area (Å²) in [5.41, 5.74) is 1.37. The van der Waals surface area contributed by atoms with Crippen molar-refractivity contribution < 1.29 is 14.7 Å². The molecule has 0 bridgehead atoms. The number of amides is 2. The molecule has 2 aromatic rings. The van der Waals surface area contributed by atoms with Crippen LogP contribution in [0.25, 0.3) is 0 Å². The maximum Gasteiger partial charge on any atom is 0.256 e. The normalized spacial score (nSPS) is 10.1. The first-order valence-corrected chi connectivity index (χ1v) is 6.98. The Labute approximate surface area is 120 Å². The predicted octanol–water partition coefficient (Wildman–Crippen LogP) is 1.72. The molecule has 6 heteroatoms. The standard InChI is InChI=1S/C14H14N2O3S/c17-7-6-15-14(19)11-3-1-2-4-12(11)16-13(18)10-5-8-20-9-10/h1-5,8-9,17H,6-7H2,(H,15,19)(H,16,18). The molecule has 104 valence electrons. The average Bonchev–Trinajstić information content (AvgIpc) is 2.99. The molecule has 0 saturated carbocycles. The summed E-state index contributed by atoms with van der Waals surface area (Å²) in [5.74, 6) is -0.589. The van der Waals surface area contributed by atoms with E-state index in [4.69, 9.17) is 5.11 Å². The van der Waals surface area contributed by atoms with Gasteiger partial charge in [0.05, 0.1) is 23.4 Å². The SMILES string of the molecule is O=C(Nc1ccccc1C(=O)NCCO)c1ccsc1. The largest absolute Gasteiger partial charge is 0.395 e. The fraction of sp³-hybridized carbons (Fsp3) is 0.143. The third kappa shape index (κ3) is 3.43. The van der Waals surface area contributed by atoms with Crippen molar-refractivity contribution in [3.63, 3.8) is 0 Å². The first-order chi connectivity index (χ1) is 9.72. The molecule has 0 fully saturated rings. The van der Waals surface area contributed by atoms with Gasteiger partial charge in [-0.05, 0) is 23.6 Å². The molecule has 0 unspecified atom stereocenters. The van der Waals surface area contributed by atoms with Crippen molar-refractivity contribution in [2.45, 2.75) is 0 Å². The van der Waals surface area contributed by atoms with Crippen LogP contribution in [0.3, 0.4) is 0 Å². The van der Waals surface area contributed by atoms with Crippen molar-refractivity contribution in [2.24, 2.45) is 0 Å². The Morgan fingerprint density at radius 1 is 1.15 bits per heavy atom. The number of carbonyl (C=O) groups excluding carboxylic acids is 2. The van der Waals surface area contributed by atoms with Crippen molar-refractivity contribution >= 4 is 28.8 Å². The van der Waals surface area contributed by atoms with E-state index in [-0.39, 0.29) is 25.0 Å². The molecule has 0 radical (unpaired) electrons. The van der Waals surface area contributed by atoms with Crippen LogP contribution in [-0.4, -0.2) is 30.1 Å². The lowest BCUT2D eigenvalue weighted by atomic mass is 10.1. The van der Waals surface area contributed by atoms with E-state index in [0.29, 0.717) is 16.8 Å². The topological polar surface area (TPSA) is 78.4 Å². The minimum absolute atomic E-state index is 0.130. The zero-order valence-corrected chi connectivity index (χ0v) is 11.4. The molecule has 2 rings (SSSR count). The Bertz CT molecular complexity index is 596. The minimum atomic E-state index is -0.333. The lowest BCUT2D eigenvalue weighted by Gasteiger charge is -2.10. The molecule has 0 saturated heterocycles. The summed E-state index contributed by atoms with van der Waals surface area (Å²) in [6.07, 6.45) is 0. The predicted molar refractivity (Wildman–Crippen MR) is 78.1 cm³/mol. The third-order valence-corrected chi connectivity index (χ3v) is 3.28. The van der Waals surface area contributed by atoms with E-state index in [2.05, 4.69) is 10.6 Å². The fourth-order valence-electron chi connectivity index (χ4n) is 1.64. The molecule has 20 heavy (non-hydrogen) atoms. The Morgan fingerprint density at radius 3 is 2.65 bits per heavy atom. The molecule has 1 heterocycles. The molecule has 0 aliphatic heterocycles. The van der Waals surface area contributed by atoms with E-state index in [1.807, 2.05) is 5.38 Å². The summed E-state index contributed by atoms with van der Waals surface area (Å²) in [6.45, 7) is 0.0425. The van der Waals surface area contributed by atoms with Gasteiger partial charge in [0.2, 0.25) is 0 Å².